The molecule has 21 heavy (non-hydrogen) atoms. The van der Waals surface area contributed by atoms with Crippen LogP contribution in [0.2, 0.25) is 5.15 Å². The summed E-state index contributed by atoms with van der Waals surface area (Å²) in [5.74, 6) is -0.447. The second-order valence-electron chi connectivity index (χ2n) is 4.81. The molecule has 0 saturated carbocycles. The number of aromatic nitrogens is 2. The molecule has 0 fully saturated rings. The largest absolute Gasteiger partial charge is 0.352 e. The van der Waals surface area contributed by atoms with Gasteiger partial charge in [-0.3, -0.25) is 4.79 Å². The van der Waals surface area contributed by atoms with Gasteiger partial charge < -0.3 is 4.98 Å². The maximum atomic E-state index is 13.4. The lowest BCUT2D eigenvalue weighted by Crippen LogP contribution is -2.06. The molecular formula is C16H8ClFN2O. The summed E-state index contributed by atoms with van der Waals surface area (Å²) in [6, 6.07) is 11.3. The molecule has 102 valence electrons. The second-order valence-corrected chi connectivity index (χ2v) is 5.17. The lowest BCUT2D eigenvalue weighted by atomic mass is 10.1. The number of H-pyrrole nitrogens is 1. The summed E-state index contributed by atoms with van der Waals surface area (Å²) < 4.78 is 13.4. The fourth-order valence-corrected chi connectivity index (χ4v) is 2.85. The van der Waals surface area contributed by atoms with E-state index in [-0.39, 0.29) is 10.6 Å². The average Bonchev–Trinajstić information content (AvgIpc) is 2.48. The van der Waals surface area contributed by atoms with Crippen molar-refractivity contribution in [2.24, 2.45) is 0 Å². The van der Waals surface area contributed by atoms with Crippen molar-refractivity contribution in [3.8, 4) is 0 Å². The van der Waals surface area contributed by atoms with Gasteiger partial charge in [0.1, 0.15) is 5.82 Å². The maximum absolute atomic E-state index is 13.4. The average molecular weight is 299 g/mol. The van der Waals surface area contributed by atoms with Gasteiger partial charge in [0.25, 0.3) is 0 Å². The Balaban J connectivity index is 2.37. The molecule has 0 spiro atoms. The van der Waals surface area contributed by atoms with Crippen LogP contribution in [-0.2, 0) is 0 Å². The monoisotopic (exact) mass is 298 g/mol. The Morgan fingerprint density at radius 3 is 2.76 bits per heavy atom. The van der Waals surface area contributed by atoms with Crippen LogP contribution in [0.5, 0.6) is 0 Å². The Bertz CT molecular complexity index is 1090. The lowest BCUT2D eigenvalue weighted by molar-refractivity contribution is 0.629. The number of rotatable bonds is 0. The quantitative estimate of drug-likeness (QED) is 0.303. The number of hydrogen-bond acceptors (Lipinski definition) is 2. The van der Waals surface area contributed by atoms with Gasteiger partial charge in [-0.2, -0.15) is 0 Å². The highest BCUT2D eigenvalue weighted by atomic mass is 35.5. The molecule has 2 aromatic heterocycles. The van der Waals surface area contributed by atoms with Gasteiger partial charge in [0.15, 0.2) is 10.6 Å². The number of pyridine rings is 2. The zero-order chi connectivity index (χ0) is 14.6. The van der Waals surface area contributed by atoms with Crippen LogP contribution < -0.4 is 5.43 Å². The minimum atomic E-state index is -0.447. The Morgan fingerprint density at radius 1 is 1.10 bits per heavy atom. The minimum absolute atomic E-state index is 0.229. The van der Waals surface area contributed by atoms with Gasteiger partial charge in [-0.15, -0.1) is 0 Å². The van der Waals surface area contributed by atoms with Gasteiger partial charge in [-0.1, -0.05) is 29.8 Å². The molecule has 0 atom stereocenters. The highest BCUT2D eigenvalue weighted by molar-refractivity contribution is 6.35. The van der Waals surface area contributed by atoms with E-state index in [1.807, 2.05) is 12.1 Å². The number of nitrogens with zero attached hydrogens (tertiary/aromatic N) is 1. The standard InChI is InChI=1S/C16H8ClFN2O/c17-16-14-13(9-3-1-2-4-11(9)20-16)15(21)10-7-8(18)5-6-12(10)19-14/h1-7H,(H,19,21). The van der Waals surface area contributed by atoms with Crippen molar-refractivity contribution in [3.63, 3.8) is 0 Å². The van der Waals surface area contributed by atoms with Crippen LogP contribution in [0.15, 0.2) is 47.3 Å². The predicted octanol–water partition coefficient (Wildman–Crippen LogP) is 4.02. The molecule has 4 rings (SSSR count). The summed E-state index contributed by atoms with van der Waals surface area (Å²) in [5.41, 5.74) is 1.39. The number of hydrogen-bond donors (Lipinski definition) is 1. The molecule has 2 aromatic carbocycles. The topological polar surface area (TPSA) is 45.8 Å². The molecule has 5 heteroatoms. The number of benzene rings is 2. The fourth-order valence-electron chi connectivity index (χ4n) is 2.61. The summed E-state index contributed by atoms with van der Waals surface area (Å²) in [6.45, 7) is 0. The maximum Gasteiger partial charge on any atom is 0.198 e. The van der Waals surface area contributed by atoms with Crippen molar-refractivity contribution in [2.75, 3.05) is 0 Å². The Labute approximate surface area is 123 Å². The number of halogens is 2. The van der Waals surface area contributed by atoms with Crippen molar-refractivity contribution >= 4 is 44.3 Å². The van der Waals surface area contributed by atoms with E-state index < -0.39 is 5.82 Å². The van der Waals surface area contributed by atoms with Crippen LogP contribution in [0.1, 0.15) is 0 Å². The van der Waals surface area contributed by atoms with Crippen LogP contribution in [-0.4, -0.2) is 9.97 Å². The first-order chi connectivity index (χ1) is 10.1. The minimum Gasteiger partial charge on any atom is -0.352 e. The SMILES string of the molecule is O=c1c2cc(F)ccc2[nH]c2c(Cl)nc3ccccc3c12. The third-order valence-corrected chi connectivity index (χ3v) is 3.83. The van der Waals surface area contributed by atoms with E-state index in [1.165, 1.54) is 18.2 Å². The molecule has 4 aromatic rings. The van der Waals surface area contributed by atoms with Gasteiger partial charge in [-0.05, 0) is 24.3 Å². The van der Waals surface area contributed by atoms with Gasteiger partial charge in [0, 0.05) is 10.8 Å². The van der Waals surface area contributed by atoms with Crippen LogP contribution in [0.25, 0.3) is 32.7 Å². The third-order valence-electron chi connectivity index (χ3n) is 3.56. The zero-order valence-electron chi connectivity index (χ0n) is 10.7. The first kappa shape index (κ1) is 12.3. The van der Waals surface area contributed by atoms with E-state index >= 15 is 0 Å². The molecule has 1 N–H and O–H groups in total. The van der Waals surface area contributed by atoms with E-state index in [9.17, 15) is 9.18 Å². The number of nitrogens with one attached hydrogen (secondary N) is 1. The summed E-state index contributed by atoms with van der Waals surface area (Å²) >= 11 is 6.18. The molecule has 0 aliphatic rings. The van der Waals surface area contributed by atoms with E-state index in [2.05, 4.69) is 9.97 Å². The normalized spacial score (nSPS) is 11.5. The highest BCUT2D eigenvalue weighted by Crippen LogP contribution is 2.27. The lowest BCUT2D eigenvalue weighted by Gasteiger charge is -2.07. The smallest absolute Gasteiger partial charge is 0.198 e. The third kappa shape index (κ3) is 1.73. The van der Waals surface area contributed by atoms with Crippen LogP contribution in [0.4, 0.5) is 4.39 Å². The van der Waals surface area contributed by atoms with Crippen molar-refractivity contribution in [1.29, 1.82) is 0 Å². The molecule has 0 unspecified atom stereocenters. The van der Waals surface area contributed by atoms with Crippen molar-refractivity contribution < 1.29 is 4.39 Å². The first-order valence-corrected chi connectivity index (χ1v) is 6.72. The van der Waals surface area contributed by atoms with Gasteiger partial charge >= 0.3 is 0 Å². The van der Waals surface area contributed by atoms with Gasteiger partial charge in [0.05, 0.1) is 21.9 Å². The molecule has 0 aliphatic heterocycles. The molecule has 0 radical (unpaired) electrons. The predicted molar refractivity (Wildman–Crippen MR) is 82.3 cm³/mol. The second kappa shape index (κ2) is 4.27. The van der Waals surface area contributed by atoms with E-state index in [1.54, 1.807) is 12.1 Å². The van der Waals surface area contributed by atoms with Crippen LogP contribution >= 0.6 is 11.6 Å². The van der Waals surface area contributed by atoms with Crippen molar-refractivity contribution in [1.82, 2.24) is 9.97 Å². The Morgan fingerprint density at radius 2 is 1.90 bits per heavy atom. The highest BCUT2D eigenvalue weighted by Gasteiger charge is 2.13. The number of aromatic amines is 1. The molecule has 2 heterocycles. The molecule has 0 amide bonds. The zero-order valence-corrected chi connectivity index (χ0v) is 11.4. The summed E-state index contributed by atoms with van der Waals surface area (Å²) in [7, 11) is 0. The van der Waals surface area contributed by atoms with E-state index in [0.29, 0.717) is 32.7 Å². The summed E-state index contributed by atoms with van der Waals surface area (Å²) in [4.78, 5) is 20.1. The first-order valence-electron chi connectivity index (χ1n) is 6.34. The van der Waals surface area contributed by atoms with Gasteiger partial charge in [-0.25, -0.2) is 9.37 Å². The van der Waals surface area contributed by atoms with Crippen LogP contribution in [0.3, 0.4) is 0 Å². The number of fused-ring (bicyclic) bond motifs is 4. The molecule has 0 bridgehead atoms. The van der Waals surface area contributed by atoms with Crippen LogP contribution in [0, 0.1) is 5.82 Å². The van der Waals surface area contributed by atoms with E-state index in [4.69, 9.17) is 11.6 Å². The van der Waals surface area contributed by atoms with Crippen molar-refractivity contribution in [2.45, 2.75) is 0 Å². The Kier molecular flexibility index (Phi) is 2.50. The summed E-state index contributed by atoms with van der Waals surface area (Å²) in [6.07, 6.45) is 0. The Hall–Kier alpha value is -2.46. The number of para-hydroxylation sites is 1. The van der Waals surface area contributed by atoms with Crippen molar-refractivity contribution in [3.05, 3.63) is 63.7 Å². The summed E-state index contributed by atoms with van der Waals surface area (Å²) in [5, 5.41) is 1.66. The molecule has 3 nitrogen and oxygen atoms in total. The van der Waals surface area contributed by atoms with Gasteiger partial charge in [0.2, 0.25) is 0 Å². The fraction of sp³-hybridized carbons (Fsp3) is 0. The molecular weight excluding hydrogens is 291 g/mol. The molecule has 0 aliphatic carbocycles. The molecule has 0 saturated heterocycles. The van der Waals surface area contributed by atoms with E-state index in [0.717, 1.165) is 0 Å².